The van der Waals surface area contributed by atoms with Crippen molar-refractivity contribution in [3.8, 4) is 11.5 Å². The number of carbonyl (C=O) groups excluding carboxylic acids is 1. The standard InChI is InChI=1S/C19H26N2O4/c1-4-9-19(18(22)20(2)23-3)10-5-11-21(19)12-8-15-6-7-16-17(13-15)25-14-24-16/h4,6-7,13H,1,5,8-12,14H2,2-3H3/t19-/m0/s1. The van der Waals surface area contributed by atoms with Gasteiger partial charge in [0.15, 0.2) is 11.5 Å². The molecule has 6 nitrogen and oxygen atoms in total. The van der Waals surface area contributed by atoms with Crippen LogP contribution in [0.4, 0.5) is 0 Å². The lowest BCUT2D eigenvalue weighted by Gasteiger charge is -2.38. The average Bonchev–Trinajstić information content (AvgIpc) is 3.25. The maximum absolute atomic E-state index is 12.9. The lowest BCUT2D eigenvalue weighted by atomic mass is 9.90. The van der Waals surface area contributed by atoms with E-state index in [-0.39, 0.29) is 12.7 Å². The molecule has 0 radical (unpaired) electrons. The topological polar surface area (TPSA) is 51.2 Å². The van der Waals surface area contributed by atoms with Crippen molar-refractivity contribution < 1.29 is 19.1 Å². The van der Waals surface area contributed by atoms with Crippen molar-refractivity contribution in [3.63, 3.8) is 0 Å². The van der Waals surface area contributed by atoms with Crippen molar-refractivity contribution >= 4 is 5.91 Å². The number of hydroxylamine groups is 2. The highest BCUT2D eigenvalue weighted by Crippen LogP contribution is 2.36. The largest absolute Gasteiger partial charge is 0.454 e. The minimum atomic E-state index is -0.553. The van der Waals surface area contributed by atoms with Crippen LogP contribution in [0.3, 0.4) is 0 Å². The lowest BCUT2D eigenvalue weighted by molar-refractivity contribution is -0.180. The summed E-state index contributed by atoms with van der Waals surface area (Å²) in [5.74, 6) is 1.59. The minimum Gasteiger partial charge on any atom is -0.454 e. The molecular formula is C19H26N2O4. The molecule has 6 heteroatoms. The first kappa shape index (κ1) is 17.8. The summed E-state index contributed by atoms with van der Waals surface area (Å²) >= 11 is 0. The van der Waals surface area contributed by atoms with Crippen molar-refractivity contribution in [2.75, 3.05) is 34.0 Å². The number of benzene rings is 1. The van der Waals surface area contributed by atoms with Crippen LogP contribution >= 0.6 is 0 Å². The third-order valence-electron chi connectivity index (χ3n) is 5.17. The van der Waals surface area contributed by atoms with Gasteiger partial charge in [-0.15, -0.1) is 6.58 Å². The third kappa shape index (κ3) is 3.37. The van der Waals surface area contributed by atoms with E-state index in [1.807, 2.05) is 18.2 Å². The van der Waals surface area contributed by atoms with Gasteiger partial charge in [0.1, 0.15) is 5.54 Å². The summed E-state index contributed by atoms with van der Waals surface area (Å²) in [5, 5.41) is 1.34. The summed E-state index contributed by atoms with van der Waals surface area (Å²) in [6.45, 7) is 5.85. The van der Waals surface area contributed by atoms with Gasteiger partial charge in [-0.05, 0) is 49.9 Å². The SMILES string of the molecule is C=CC[C@@]1(C(=O)N(C)OC)CCCN1CCc1ccc2c(c1)OCO2. The van der Waals surface area contributed by atoms with Crippen LogP contribution in [-0.2, 0) is 16.1 Å². The first-order chi connectivity index (χ1) is 12.1. The van der Waals surface area contributed by atoms with E-state index in [0.717, 1.165) is 43.9 Å². The van der Waals surface area contributed by atoms with Crippen LogP contribution in [0.25, 0.3) is 0 Å². The summed E-state index contributed by atoms with van der Waals surface area (Å²) in [6, 6.07) is 6.03. The Bertz CT molecular complexity index is 648. The smallest absolute Gasteiger partial charge is 0.266 e. The second-order valence-corrected chi connectivity index (χ2v) is 6.54. The highest BCUT2D eigenvalue weighted by atomic mass is 16.7. The van der Waals surface area contributed by atoms with E-state index in [0.29, 0.717) is 6.42 Å². The van der Waals surface area contributed by atoms with Crippen LogP contribution in [0.1, 0.15) is 24.8 Å². The van der Waals surface area contributed by atoms with E-state index in [2.05, 4.69) is 17.5 Å². The highest BCUT2D eigenvalue weighted by Gasteiger charge is 2.47. The van der Waals surface area contributed by atoms with Crippen LogP contribution in [0.2, 0.25) is 0 Å². The first-order valence-corrected chi connectivity index (χ1v) is 8.67. The number of amides is 1. The molecule has 0 unspecified atom stereocenters. The molecule has 1 fully saturated rings. The van der Waals surface area contributed by atoms with Gasteiger partial charge >= 0.3 is 0 Å². The number of ether oxygens (including phenoxy) is 2. The number of rotatable bonds is 7. The predicted molar refractivity (Wildman–Crippen MR) is 94.4 cm³/mol. The van der Waals surface area contributed by atoms with Crippen molar-refractivity contribution in [1.82, 2.24) is 9.96 Å². The molecule has 1 atom stereocenters. The fourth-order valence-corrected chi connectivity index (χ4v) is 3.80. The molecule has 0 saturated carbocycles. The summed E-state index contributed by atoms with van der Waals surface area (Å²) in [4.78, 5) is 20.4. The van der Waals surface area contributed by atoms with Gasteiger partial charge in [-0.3, -0.25) is 14.5 Å². The molecule has 136 valence electrons. The Morgan fingerprint density at radius 1 is 1.44 bits per heavy atom. The average molecular weight is 346 g/mol. The van der Waals surface area contributed by atoms with E-state index in [1.54, 1.807) is 7.05 Å². The van der Waals surface area contributed by atoms with Gasteiger partial charge < -0.3 is 9.47 Å². The van der Waals surface area contributed by atoms with Crippen LogP contribution in [0.5, 0.6) is 11.5 Å². The van der Waals surface area contributed by atoms with Crippen molar-refractivity contribution in [2.24, 2.45) is 0 Å². The number of hydrogen-bond donors (Lipinski definition) is 0. The van der Waals surface area contributed by atoms with Gasteiger partial charge in [0.05, 0.1) is 7.11 Å². The Morgan fingerprint density at radius 3 is 3.00 bits per heavy atom. The van der Waals surface area contributed by atoms with Crippen LogP contribution in [0.15, 0.2) is 30.9 Å². The zero-order valence-electron chi connectivity index (χ0n) is 15.0. The van der Waals surface area contributed by atoms with Crippen molar-refractivity contribution in [1.29, 1.82) is 0 Å². The Balaban J connectivity index is 1.73. The Morgan fingerprint density at radius 2 is 2.24 bits per heavy atom. The van der Waals surface area contributed by atoms with E-state index in [4.69, 9.17) is 14.3 Å². The number of likely N-dealkylation sites (N-methyl/N-ethyl adjacent to an activating group) is 1. The summed E-state index contributed by atoms with van der Waals surface area (Å²) < 4.78 is 10.8. The molecule has 1 aromatic carbocycles. The van der Waals surface area contributed by atoms with Crippen molar-refractivity contribution in [3.05, 3.63) is 36.4 Å². The van der Waals surface area contributed by atoms with Gasteiger partial charge in [-0.1, -0.05) is 12.1 Å². The zero-order chi connectivity index (χ0) is 17.9. The summed E-state index contributed by atoms with van der Waals surface area (Å²) in [7, 11) is 3.19. The molecule has 0 N–H and O–H groups in total. The maximum Gasteiger partial charge on any atom is 0.266 e. The molecule has 1 saturated heterocycles. The molecule has 2 aliphatic heterocycles. The minimum absolute atomic E-state index is 0.00177. The zero-order valence-corrected chi connectivity index (χ0v) is 15.0. The molecule has 3 rings (SSSR count). The molecule has 0 bridgehead atoms. The number of hydrogen-bond acceptors (Lipinski definition) is 5. The fraction of sp³-hybridized carbons (Fsp3) is 0.526. The lowest BCUT2D eigenvalue weighted by Crippen LogP contribution is -2.55. The second kappa shape index (κ2) is 7.45. The molecular weight excluding hydrogens is 320 g/mol. The third-order valence-corrected chi connectivity index (χ3v) is 5.17. The Labute approximate surface area is 148 Å². The number of carbonyl (C=O) groups is 1. The van der Waals surface area contributed by atoms with Crippen LogP contribution < -0.4 is 9.47 Å². The number of fused-ring (bicyclic) bond motifs is 1. The first-order valence-electron chi connectivity index (χ1n) is 8.67. The number of likely N-dealkylation sites (tertiary alicyclic amines) is 1. The fourth-order valence-electron chi connectivity index (χ4n) is 3.80. The molecule has 2 aliphatic rings. The van der Waals surface area contributed by atoms with Gasteiger partial charge in [-0.25, -0.2) is 5.06 Å². The van der Waals surface area contributed by atoms with Gasteiger partial charge in [-0.2, -0.15) is 0 Å². The molecule has 1 aromatic rings. The molecule has 25 heavy (non-hydrogen) atoms. The summed E-state index contributed by atoms with van der Waals surface area (Å²) in [5.41, 5.74) is 0.624. The quantitative estimate of drug-likeness (QED) is 0.560. The van der Waals surface area contributed by atoms with E-state index in [9.17, 15) is 4.79 Å². The monoisotopic (exact) mass is 346 g/mol. The van der Waals surface area contributed by atoms with E-state index >= 15 is 0 Å². The number of nitrogens with zero attached hydrogens (tertiary/aromatic N) is 2. The van der Waals surface area contributed by atoms with Gasteiger partial charge in [0.25, 0.3) is 5.91 Å². The van der Waals surface area contributed by atoms with Crippen LogP contribution in [0, 0.1) is 0 Å². The maximum atomic E-state index is 12.9. The molecule has 2 heterocycles. The van der Waals surface area contributed by atoms with E-state index < -0.39 is 5.54 Å². The van der Waals surface area contributed by atoms with Crippen LogP contribution in [-0.4, -0.2) is 55.4 Å². The highest BCUT2D eigenvalue weighted by molar-refractivity contribution is 5.86. The van der Waals surface area contributed by atoms with Crippen molar-refractivity contribution in [2.45, 2.75) is 31.2 Å². The second-order valence-electron chi connectivity index (χ2n) is 6.54. The molecule has 0 spiro atoms. The predicted octanol–water partition coefficient (Wildman–Crippen LogP) is 2.39. The molecule has 1 amide bonds. The normalized spacial score (nSPS) is 22.2. The molecule has 0 aliphatic carbocycles. The molecule has 0 aromatic heterocycles. The van der Waals surface area contributed by atoms with Gasteiger partial charge in [0.2, 0.25) is 6.79 Å². The van der Waals surface area contributed by atoms with Gasteiger partial charge in [0, 0.05) is 13.6 Å². The summed E-state index contributed by atoms with van der Waals surface area (Å²) in [6.07, 6.45) is 5.13. The van der Waals surface area contributed by atoms with E-state index in [1.165, 1.54) is 17.7 Å². The Kier molecular flexibility index (Phi) is 5.30. The Hall–Kier alpha value is -2.05.